The highest BCUT2D eigenvalue weighted by atomic mass is 14.6. The Balaban J connectivity index is 0.000000171. The number of hydrogen-bond donors (Lipinski definition) is 0. The largest absolute Gasteiger partial charge is 0.0599 e. The second kappa shape index (κ2) is 21.7. The van der Waals surface area contributed by atoms with E-state index in [0.717, 1.165) is 94.7 Å². The average Bonchev–Trinajstić information content (AvgIpc) is 4.00. The first-order valence-corrected chi connectivity index (χ1v) is 30.7. The maximum absolute atomic E-state index is 2.44. The van der Waals surface area contributed by atoms with Gasteiger partial charge in [0.2, 0.25) is 0 Å². The van der Waals surface area contributed by atoms with E-state index in [1.807, 2.05) is 0 Å². The molecule has 0 nitrogen and oxygen atoms in total. The minimum absolute atomic E-state index is 0.537. The summed E-state index contributed by atoms with van der Waals surface area (Å²) in [5.41, 5.74) is 4.40. The Morgan fingerprint density at radius 1 is 0.176 bits per heavy atom. The Labute approximate surface area is 430 Å². The van der Waals surface area contributed by atoms with Crippen molar-refractivity contribution in [3.8, 4) is 0 Å². The van der Waals surface area contributed by atoms with Gasteiger partial charge in [-0.3, -0.25) is 0 Å². The topological polar surface area (TPSA) is 0 Å². The Morgan fingerprint density at radius 2 is 0.382 bits per heavy atom. The molecule has 0 amide bonds. The van der Waals surface area contributed by atoms with E-state index >= 15 is 0 Å². The third-order valence-corrected chi connectivity index (χ3v) is 22.6. The second-order valence-corrected chi connectivity index (χ2v) is 35.6. The van der Waals surface area contributed by atoms with Gasteiger partial charge < -0.3 is 0 Å². The summed E-state index contributed by atoms with van der Waals surface area (Å²) in [4.78, 5) is 0. The smallest absolute Gasteiger partial charge is 0.0331 e. The summed E-state index contributed by atoms with van der Waals surface area (Å²) in [5, 5.41) is 0. The van der Waals surface area contributed by atoms with Crippen LogP contribution in [0.15, 0.2) is 0 Å². The van der Waals surface area contributed by atoms with Crippen LogP contribution in [-0.2, 0) is 0 Å². The van der Waals surface area contributed by atoms with Gasteiger partial charge in [0.25, 0.3) is 0 Å². The van der Waals surface area contributed by atoms with Crippen molar-refractivity contribution < 1.29 is 0 Å². The van der Waals surface area contributed by atoms with Crippen molar-refractivity contribution >= 4 is 0 Å². The van der Waals surface area contributed by atoms with Gasteiger partial charge in [-0.15, -0.1) is 0 Å². The molecule has 0 aromatic carbocycles. The monoisotopic (exact) mass is 945 g/mol. The Morgan fingerprint density at radius 3 is 0.574 bits per heavy atom. The molecule has 0 aromatic rings. The molecule has 0 radical (unpaired) electrons. The number of hydrogen-bond acceptors (Lipinski definition) is 0. The molecular weight excluding hydrogens is 817 g/mol. The van der Waals surface area contributed by atoms with Crippen LogP contribution in [0.2, 0.25) is 0 Å². The van der Waals surface area contributed by atoms with Crippen LogP contribution in [0.5, 0.6) is 0 Å². The van der Waals surface area contributed by atoms with E-state index in [-0.39, 0.29) is 0 Å². The molecule has 0 bridgehead atoms. The Bertz CT molecular complexity index is 1370. The summed E-state index contributed by atoms with van der Waals surface area (Å²) in [6, 6.07) is 0. The third kappa shape index (κ3) is 16.5. The van der Waals surface area contributed by atoms with Crippen molar-refractivity contribution in [3.05, 3.63) is 0 Å². The highest BCUT2D eigenvalue weighted by Gasteiger charge is 2.59. The lowest BCUT2D eigenvalue weighted by molar-refractivity contribution is -0.0358. The first-order valence-electron chi connectivity index (χ1n) is 30.7. The van der Waals surface area contributed by atoms with Crippen LogP contribution < -0.4 is 0 Å². The van der Waals surface area contributed by atoms with E-state index in [1.54, 1.807) is 0 Å². The minimum atomic E-state index is 0.537. The first kappa shape index (κ1) is 58.9. The molecule has 0 heteroatoms. The molecule has 8 aliphatic rings. The fraction of sp³-hybridized carbons (Fsp3) is 1.00. The van der Waals surface area contributed by atoms with Gasteiger partial charge in [0, 0.05) is 0 Å². The van der Waals surface area contributed by atoms with E-state index < -0.39 is 0 Å². The normalized spacial score (nSPS) is 39.2. The predicted octanol–water partition coefficient (Wildman–Crippen LogP) is 22.1. The molecule has 8 saturated carbocycles. The molecule has 8 fully saturated rings. The Kier molecular flexibility index (Phi) is 18.8. The summed E-state index contributed by atoms with van der Waals surface area (Å²) >= 11 is 0. The van der Waals surface area contributed by atoms with E-state index in [9.17, 15) is 0 Å². The molecule has 68 heavy (non-hydrogen) atoms. The molecule has 400 valence electrons. The van der Waals surface area contributed by atoms with Crippen molar-refractivity contribution in [1.82, 2.24) is 0 Å². The summed E-state index contributed by atoms with van der Waals surface area (Å²) in [5.74, 6) is 16.6. The van der Waals surface area contributed by atoms with Gasteiger partial charge in [-0.1, -0.05) is 166 Å². The van der Waals surface area contributed by atoms with Crippen LogP contribution in [0.1, 0.15) is 295 Å². The lowest BCUT2D eigenvalue weighted by atomic mass is 9.52. The highest BCUT2D eigenvalue weighted by Crippen LogP contribution is 2.66. The quantitative estimate of drug-likeness (QED) is 0.263. The van der Waals surface area contributed by atoms with Gasteiger partial charge in [-0.25, -0.2) is 0 Å². The zero-order valence-corrected chi connectivity index (χ0v) is 51.4. The summed E-state index contributed by atoms with van der Waals surface area (Å²) in [6.07, 6.45) is 30.2. The summed E-state index contributed by atoms with van der Waals surface area (Å²) in [7, 11) is 0. The maximum atomic E-state index is 2.44. The van der Waals surface area contributed by atoms with Gasteiger partial charge in [0.1, 0.15) is 0 Å². The van der Waals surface area contributed by atoms with Gasteiger partial charge >= 0.3 is 0 Å². The number of rotatable bonds is 4. The van der Waals surface area contributed by atoms with Crippen LogP contribution in [0.3, 0.4) is 0 Å². The van der Waals surface area contributed by atoms with Crippen LogP contribution in [0.4, 0.5) is 0 Å². The fourth-order valence-electron chi connectivity index (χ4n) is 16.3. The minimum Gasteiger partial charge on any atom is -0.0599 e. The molecule has 8 unspecified atom stereocenters. The average molecular weight is 946 g/mol. The van der Waals surface area contributed by atoms with Crippen LogP contribution in [-0.4, -0.2) is 0 Å². The fourth-order valence-corrected chi connectivity index (χ4v) is 16.3. The molecule has 8 rings (SSSR count). The van der Waals surface area contributed by atoms with Crippen molar-refractivity contribution in [2.45, 2.75) is 295 Å². The van der Waals surface area contributed by atoms with Gasteiger partial charge in [-0.05, 0) is 266 Å². The van der Waals surface area contributed by atoms with Gasteiger partial charge in [0.15, 0.2) is 0 Å². The molecule has 0 aliphatic heterocycles. The molecule has 0 spiro atoms. The third-order valence-electron chi connectivity index (χ3n) is 22.6. The second-order valence-electron chi connectivity index (χ2n) is 35.6. The molecule has 0 aromatic heterocycles. The Hall–Kier alpha value is 0. The van der Waals surface area contributed by atoms with Crippen molar-refractivity contribution in [3.63, 3.8) is 0 Å². The molecule has 0 heterocycles. The van der Waals surface area contributed by atoms with Crippen LogP contribution in [0.25, 0.3) is 0 Å². The lowest BCUT2D eigenvalue weighted by Crippen LogP contribution is -2.44. The van der Waals surface area contributed by atoms with Gasteiger partial charge in [0.05, 0.1) is 0 Å². The van der Waals surface area contributed by atoms with Crippen LogP contribution >= 0.6 is 0 Å². The molecule has 8 atom stereocenters. The van der Waals surface area contributed by atoms with E-state index in [1.165, 1.54) is 128 Å². The first-order chi connectivity index (χ1) is 30.7. The summed E-state index contributed by atoms with van der Waals surface area (Å²) in [6.45, 7) is 58.2. The van der Waals surface area contributed by atoms with E-state index in [0.29, 0.717) is 43.3 Å². The van der Waals surface area contributed by atoms with Crippen molar-refractivity contribution in [2.24, 2.45) is 138 Å². The standard InChI is InChI=1S/C20H38.C18H34.C16H30.C14H26/c1-19(2,3)17-11-7-15(8-12-17)16-9-13-18(14-10-16)20(4,5)6;1-17(2,3)15-9-7-13(11-15)14-8-10-16(12-14)18(4,5)6;1-15(2,3)13-7-11(8-13)12-9-14(10-12)16(4,5)6;1-13(2,3)11-7-9(11)10-8-12(10)14(4,5)6/h15-18H,7-14H2,1-6H3;13-16H,7-12H2,1-6H3;11-14H,7-10H2,1-6H3;9-12H,7-8H2,1-6H3. The molecule has 0 N–H and O–H groups in total. The van der Waals surface area contributed by atoms with Crippen molar-refractivity contribution in [2.75, 3.05) is 0 Å². The highest BCUT2D eigenvalue weighted by molar-refractivity contribution is 5.08. The van der Waals surface area contributed by atoms with Crippen molar-refractivity contribution in [1.29, 1.82) is 0 Å². The molecular formula is C68H128. The molecule has 0 saturated heterocycles. The van der Waals surface area contributed by atoms with E-state index in [4.69, 9.17) is 0 Å². The summed E-state index contributed by atoms with van der Waals surface area (Å²) < 4.78 is 0. The zero-order valence-electron chi connectivity index (χ0n) is 51.4. The van der Waals surface area contributed by atoms with E-state index in [2.05, 4.69) is 166 Å². The lowest BCUT2D eigenvalue weighted by Gasteiger charge is -2.54. The molecule has 8 aliphatic carbocycles. The maximum Gasteiger partial charge on any atom is -0.0331 e. The van der Waals surface area contributed by atoms with Gasteiger partial charge in [-0.2, -0.15) is 0 Å². The zero-order chi connectivity index (χ0) is 51.4. The SMILES string of the molecule is CC(C)(C)C1CC(C2CC(C(C)(C)C)C2)C1.CC(C)(C)C1CC1C1CC1C(C)(C)C.CC(C)(C)C1CCC(C2CCC(C(C)(C)C)C2)C1.CC(C)(C)C1CCC(C2CCC(C(C)(C)C)CC2)CC1. The predicted molar refractivity (Wildman–Crippen MR) is 304 cm³/mol. The van der Waals surface area contributed by atoms with Crippen LogP contribution in [0, 0.1) is 138 Å².